The highest BCUT2D eigenvalue weighted by atomic mass is 32.1. The maximum absolute atomic E-state index is 13.2. The molecule has 0 saturated carbocycles. The zero-order valence-electron chi connectivity index (χ0n) is 18.1. The molecule has 1 atom stereocenters. The molecule has 0 bridgehead atoms. The molecule has 1 amide bonds. The van der Waals surface area contributed by atoms with Crippen molar-refractivity contribution in [3.05, 3.63) is 87.4 Å². The van der Waals surface area contributed by atoms with Crippen molar-refractivity contribution in [1.82, 2.24) is 9.88 Å². The fourth-order valence-corrected chi connectivity index (χ4v) is 4.86. The molecule has 4 rings (SSSR count). The minimum Gasteiger partial charge on any atom is -0.507 e. The third-order valence-corrected chi connectivity index (χ3v) is 6.34. The number of aliphatic hydroxyl groups excluding tert-OH is 1. The second-order valence-corrected chi connectivity index (χ2v) is 8.89. The van der Waals surface area contributed by atoms with Gasteiger partial charge >= 0.3 is 0 Å². The monoisotopic (exact) mass is 448 g/mol. The minimum atomic E-state index is -0.690. The Kier molecular flexibility index (Phi) is 6.10. The first kappa shape index (κ1) is 21.8. The first-order valence-electron chi connectivity index (χ1n) is 10.3. The van der Waals surface area contributed by atoms with Gasteiger partial charge in [-0.25, -0.2) is 0 Å². The first-order chi connectivity index (χ1) is 15.4. The van der Waals surface area contributed by atoms with Crippen LogP contribution >= 0.6 is 11.3 Å². The van der Waals surface area contributed by atoms with Crippen molar-refractivity contribution in [3.8, 4) is 5.75 Å². The molecular formula is C25H24N2O4S. The van der Waals surface area contributed by atoms with Crippen LogP contribution in [0, 0.1) is 6.92 Å². The number of hydrogen-bond donors (Lipinski definition) is 1. The number of likely N-dealkylation sites (tertiary alicyclic amines) is 1. The van der Waals surface area contributed by atoms with Crippen LogP contribution in [0.1, 0.15) is 41.5 Å². The number of thiophene rings is 1. The van der Waals surface area contributed by atoms with E-state index in [9.17, 15) is 14.7 Å². The van der Waals surface area contributed by atoms with E-state index in [0.717, 1.165) is 16.0 Å². The Hall–Kier alpha value is -3.45. The van der Waals surface area contributed by atoms with Gasteiger partial charge in [-0.1, -0.05) is 12.1 Å². The molecule has 7 heteroatoms. The van der Waals surface area contributed by atoms with Gasteiger partial charge in [0, 0.05) is 29.4 Å². The second-order valence-electron chi connectivity index (χ2n) is 7.94. The van der Waals surface area contributed by atoms with Crippen molar-refractivity contribution in [2.45, 2.75) is 39.5 Å². The number of carbonyl (C=O) groups is 2. The highest BCUT2D eigenvalue weighted by Gasteiger charge is 2.47. The topological polar surface area (TPSA) is 79.7 Å². The molecule has 1 unspecified atom stereocenters. The summed E-state index contributed by atoms with van der Waals surface area (Å²) in [6.45, 7) is 6.01. The second kappa shape index (κ2) is 8.96. The van der Waals surface area contributed by atoms with E-state index in [1.54, 1.807) is 36.7 Å². The van der Waals surface area contributed by atoms with Crippen LogP contribution in [0.25, 0.3) is 5.76 Å². The van der Waals surface area contributed by atoms with Crippen molar-refractivity contribution in [2.75, 3.05) is 0 Å². The number of pyridine rings is 1. The average Bonchev–Trinajstić information content (AvgIpc) is 3.29. The lowest BCUT2D eigenvalue weighted by atomic mass is 9.98. The van der Waals surface area contributed by atoms with E-state index in [1.165, 1.54) is 16.2 Å². The zero-order chi connectivity index (χ0) is 22.8. The van der Waals surface area contributed by atoms with Crippen LogP contribution in [0.2, 0.25) is 0 Å². The summed E-state index contributed by atoms with van der Waals surface area (Å²) in [6.07, 6.45) is 3.27. The Bertz CT molecular complexity index is 1180. The zero-order valence-corrected chi connectivity index (χ0v) is 18.9. The highest BCUT2D eigenvalue weighted by molar-refractivity contribution is 7.10. The van der Waals surface area contributed by atoms with Gasteiger partial charge in [-0.15, -0.1) is 11.3 Å². The van der Waals surface area contributed by atoms with Gasteiger partial charge in [0.05, 0.1) is 11.7 Å². The standard InChI is InChI=1S/C25H24N2O4S/c1-15(2)31-19-6-4-5-18(13-19)22(28)20-21(24-16(3)9-12-32-24)27(25(30)23(20)29)14-17-7-10-26-11-8-17/h4-13,15,21,28H,14H2,1-3H3/b22-20-. The lowest BCUT2D eigenvalue weighted by molar-refractivity contribution is -0.140. The third-order valence-electron chi connectivity index (χ3n) is 5.27. The molecule has 1 N–H and O–H groups in total. The van der Waals surface area contributed by atoms with E-state index in [0.29, 0.717) is 11.3 Å². The van der Waals surface area contributed by atoms with E-state index >= 15 is 0 Å². The molecule has 3 aromatic rings. The van der Waals surface area contributed by atoms with Gasteiger partial charge in [-0.3, -0.25) is 14.6 Å². The number of nitrogens with zero attached hydrogens (tertiary/aromatic N) is 2. The molecule has 0 radical (unpaired) electrons. The molecule has 164 valence electrons. The molecule has 1 aliphatic heterocycles. The van der Waals surface area contributed by atoms with E-state index in [-0.39, 0.29) is 24.0 Å². The number of rotatable bonds is 6. The van der Waals surface area contributed by atoms with Gasteiger partial charge in [-0.05, 0) is 67.6 Å². The summed E-state index contributed by atoms with van der Waals surface area (Å²) in [4.78, 5) is 32.6. The Balaban J connectivity index is 1.83. The van der Waals surface area contributed by atoms with Gasteiger partial charge < -0.3 is 14.7 Å². The number of benzene rings is 1. The maximum Gasteiger partial charge on any atom is 0.295 e. The molecule has 1 aliphatic rings. The number of aromatic nitrogens is 1. The summed E-state index contributed by atoms with van der Waals surface area (Å²) in [6, 6.07) is 11.8. The van der Waals surface area contributed by atoms with Crippen LogP contribution in [0.3, 0.4) is 0 Å². The van der Waals surface area contributed by atoms with Crippen molar-refractivity contribution in [1.29, 1.82) is 0 Å². The number of carbonyl (C=O) groups excluding carboxylic acids is 2. The number of hydrogen-bond acceptors (Lipinski definition) is 6. The van der Waals surface area contributed by atoms with E-state index in [4.69, 9.17) is 4.74 Å². The summed E-state index contributed by atoms with van der Waals surface area (Å²) < 4.78 is 5.73. The third kappa shape index (κ3) is 4.16. The summed E-state index contributed by atoms with van der Waals surface area (Å²) in [7, 11) is 0. The van der Waals surface area contributed by atoms with Crippen LogP contribution in [0.5, 0.6) is 5.75 Å². The summed E-state index contributed by atoms with van der Waals surface area (Å²) in [5.41, 5.74) is 2.35. The molecule has 6 nitrogen and oxygen atoms in total. The average molecular weight is 449 g/mol. The fraction of sp³-hybridized carbons (Fsp3) is 0.240. The van der Waals surface area contributed by atoms with Gasteiger partial charge in [-0.2, -0.15) is 0 Å². The molecule has 2 aromatic heterocycles. The van der Waals surface area contributed by atoms with Crippen molar-refractivity contribution < 1.29 is 19.4 Å². The quantitative estimate of drug-likeness (QED) is 0.331. The van der Waals surface area contributed by atoms with Gasteiger partial charge in [0.25, 0.3) is 11.7 Å². The molecule has 1 aromatic carbocycles. The molecule has 1 saturated heterocycles. The Labute approximate surface area is 190 Å². The van der Waals surface area contributed by atoms with Crippen molar-refractivity contribution >= 4 is 28.8 Å². The largest absolute Gasteiger partial charge is 0.507 e. The fourth-order valence-electron chi connectivity index (χ4n) is 3.81. The van der Waals surface area contributed by atoms with Crippen molar-refractivity contribution in [2.24, 2.45) is 0 Å². The molecular weight excluding hydrogens is 424 g/mol. The van der Waals surface area contributed by atoms with Crippen LogP contribution in [0.4, 0.5) is 0 Å². The first-order valence-corrected chi connectivity index (χ1v) is 11.2. The van der Waals surface area contributed by atoms with Crippen LogP contribution < -0.4 is 4.74 Å². The summed E-state index contributed by atoms with van der Waals surface area (Å²) in [5.74, 6) is -0.938. The number of aliphatic hydroxyl groups is 1. The Morgan fingerprint density at radius 3 is 2.59 bits per heavy atom. The summed E-state index contributed by atoms with van der Waals surface area (Å²) >= 11 is 1.46. The Morgan fingerprint density at radius 2 is 1.94 bits per heavy atom. The van der Waals surface area contributed by atoms with Crippen LogP contribution in [-0.4, -0.2) is 32.8 Å². The molecule has 3 heterocycles. The highest BCUT2D eigenvalue weighted by Crippen LogP contribution is 2.43. The normalized spacial score (nSPS) is 17.9. The van der Waals surface area contributed by atoms with Gasteiger partial charge in [0.1, 0.15) is 17.6 Å². The number of amides is 1. The van der Waals surface area contributed by atoms with Crippen LogP contribution in [0.15, 0.2) is 65.8 Å². The van der Waals surface area contributed by atoms with Crippen LogP contribution in [-0.2, 0) is 16.1 Å². The van der Waals surface area contributed by atoms with E-state index < -0.39 is 17.7 Å². The van der Waals surface area contributed by atoms with E-state index in [2.05, 4.69) is 4.98 Å². The lowest BCUT2D eigenvalue weighted by Gasteiger charge is -2.25. The number of ether oxygens (including phenoxy) is 1. The number of ketones is 1. The van der Waals surface area contributed by atoms with E-state index in [1.807, 2.05) is 44.4 Å². The lowest BCUT2D eigenvalue weighted by Crippen LogP contribution is -2.29. The number of aryl methyl sites for hydroxylation is 1. The minimum absolute atomic E-state index is 0.0351. The molecule has 32 heavy (non-hydrogen) atoms. The molecule has 0 aliphatic carbocycles. The predicted molar refractivity (Wildman–Crippen MR) is 123 cm³/mol. The van der Waals surface area contributed by atoms with Gasteiger partial charge in [0.2, 0.25) is 0 Å². The summed E-state index contributed by atoms with van der Waals surface area (Å²) in [5, 5.41) is 13.2. The molecule has 0 spiro atoms. The van der Waals surface area contributed by atoms with Crippen molar-refractivity contribution in [3.63, 3.8) is 0 Å². The predicted octanol–water partition coefficient (Wildman–Crippen LogP) is 4.86. The molecule has 1 fully saturated rings. The smallest absolute Gasteiger partial charge is 0.295 e. The Morgan fingerprint density at radius 1 is 1.19 bits per heavy atom. The van der Waals surface area contributed by atoms with Gasteiger partial charge in [0.15, 0.2) is 0 Å². The SMILES string of the molecule is Cc1ccsc1C1/C(=C(/O)c2cccc(OC(C)C)c2)C(=O)C(=O)N1Cc1ccncc1. The number of Topliss-reactive ketones (excluding diaryl/α,β-unsaturated/α-hetero) is 1. The maximum atomic E-state index is 13.2.